The monoisotopic (exact) mass is 340 g/mol. The molecule has 2 aromatic carbocycles. The second-order valence-corrected chi connectivity index (χ2v) is 5.43. The fraction of sp³-hybridized carbons (Fsp3) is 0.0556. The van der Waals surface area contributed by atoms with E-state index in [9.17, 15) is 23.9 Å². The Bertz CT molecular complexity index is 890. The van der Waals surface area contributed by atoms with Crippen molar-refractivity contribution in [3.63, 3.8) is 0 Å². The highest BCUT2D eigenvalue weighted by Gasteiger charge is 2.35. The maximum absolute atomic E-state index is 13.0. The number of carbonyl (C=O) groups excluding carboxylic acids is 3. The van der Waals surface area contributed by atoms with Crippen molar-refractivity contribution >= 4 is 23.9 Å². The van der Waals surface area contributed by atoms with Gasteiger partial charge in [-0.2, -0.15) is 0 Å². The van der Waals surface area contributed by atoms with Crippen LogP contribution in [0.3, 0.4) is 0 Å². The van der Waals surface area contributed by atoms with E-state index in [2.05, 4.69) is 5.32 Å². The van der Waals surface area contributed by atoms with E-state index in [0.717, 1.165) is 4.90 Å². The Morgan fingerprint density at radius 1 is 1.08 bits per heavy atom. The van der Waals surface area contributed by atoms with Gasteiger partial charge in [0.1, 0.15) is 17.1 Å². The minimum Gasteiger partial charge on any atom is -0.508 e. The second-order valence-electron chi connectivity index (χ2n) is 5.43. The Balaban J connectivity index is 1.90. The minimum atomic E-state index is -0.840. The van der Waals surface area contributed by atoms with Crippen LogP contribution in [0.25, 0.3) is 6.08 Å². The molecule has 0 atom stereocenters. The van der Waals surface area contributed by atoms with E-state index in [1.807, 2.05) is 0 Å². The van der Waals surface area contributed by atoms with Crippen molar-refractivity contribution in [3.05, 3.63) is 71.0 Å². The number of aromatic hydroxyl groups is 1. The Morgan fingerprint density at radius 2 is 1.80 bits per heavy atom. The fourth-order valence-corrected chi connectivity index (χ4v) is 2.39. The number of barbiturate groups is 1. The highest BCUT2D eigenvalue weighted by atomic mass is 19.1. The number of nitrogens with zero attached hydrogens (tertiary/aromatic N) is 1. The molecule has 0 spiro atoms. The summed E-state index contributed by atoms with van der Waals surface area (Å²) in [5.41, 5.74) is 0.748. The highest BCUT2D eigenvalue weighted by Crippen LogP contribution is 2.19. The van der Waals surface area contributed by atoms with E-state index in [-0.39, 0.29) is 17.9 Å². The summed E-state index contributed by atoms with van der Waals surface area (Å²) in [5, 5.41) is 11.6. The Hall–Kier alpha value is -3.48. The van der Waals surface area contributed by atoms with E-state index < -0.39 is 23.7 Å². The number of carbonyl (C=O) groups is 3. The van der Waals surface area contributed by atoms with Crippen LogP contribution in [0, 0.1) is 5.82 Å². The van der Waals surface area contributed by atoms with Gasteiger partial charge in [-0.25, -0.2) is 9.18 Å². The summed E-state index contributed by atoms with van der Waals surface area (Å²) in [7, 11) is 0. The van der Waals surface area contributed by atoms with Crippen LogP contribution >= 0.6 is 0 Å². The molecule has 1 aliphatic heterocycles. The molecule has 0 aliphatic carbocycles. The lowest BCUT2D eigenvalue weighted by molar-refractivity contribution is -0.130. The van der Waals surface area contributed by atoms with Crippen molar-refractivity contribution in [2.75, 3.05) is 0 Å². The highest BCUT2D eigenvalue weighted by molar-refractivity contribution is 6.30. The average Bonchev–Trinajstić information content (AvgIpc) is 2.57. The van der Waals surface area contributed by atoms with E-state index in [4.69, 9.17) is 0 Å². The lowest BCUT2D eigenvalue weighted by Crippen LogP contribution is -2.53. The number of nitrogens with one attached hydrogen (secondary N) is 1. The fourth-order valence-electron chi connectivity index (χ4n) is 2.39. The summed E-state index contributed by atoms with van der Waals surface area (Å²) >= 11 is 0. The van der Waals surface area contributed by atoms with Crippen molar-refractivity contribution in [1.29, 1.82) is 0 Å². The number of phenols is 1. The third-order valence-corrected chi connectivity index (χ3v) is 3.62. The molecule has 3 rings (SSSR count). The number of benzene rings is 2. The molecule has 2 aromatic rings. The molecule has 6 nitrogen and oxygen atoms in total. The lowest BCUT2D eigenvalue weighted by atomic mass is 10.1. The molecule has 1 aliphatic rings. The summed E-state index contributed by atoms with van der Waals surface area (Å²) in [6, 6.07) is 10.5. The van der Waals surface area contributed by atoms with Crippen molar-refractivity contribution in [3.8, 4) is 5.75 Å². The predicted molar refractivity (Wildman–Crippen MR) is 86.6 cm³/mol. The number of rotatable bonds is 3. The lowest BCUT2D eigenvalue weighted by Gasteiger charge is -2.26. The molecule has 1 fully saturated rings. The molecular formula is C18H13FN2O4. The van der Waals surface area contributed by atoms with Crippen LogP contribution in [0.2, 0.25) is 0 Å². The number of halogens is 1. The molecule has 0 bridgehead atoms. The number of hydrogen-bond acceptors (Lipinski definition) is 4. The zero-order chi connectivity index (χ0) is 18.0. The van der Waals surface area contributed by atoms with Gasteiger partial charge in [0.25, 0.3) is 11.8 Å². The molecule has 7 heteroatoms. The maximum atomic E-state index is 13.0. The van der Waals surface area contributed by atoms with E-state index in [0.29, 0.717) is 11.1 Å². The number of imide groups is 2. The minimum absolute atomic E-state index is 0.0164. The first-order valence-corrected chi connectivity index (χ1v) is 7.36. The van der Waals surface area contributed by atoms with E-state index >= 15 is 0 Å². The molecule has 126 valence electrons. The predicted octanol–water partition coefficient (Wildman–Crippen LogP) is 2.19. The molecule has 1 saturated heterocycles. The van der Waals surface area contributed by atoms with Gasteiger partial charge in [-0.15, -0.1) is 0 Å². The normalized spacial score (nSPS) is 16.3. The van der Waals surface area contributed by atoms with Crippen molar-refractivity contribution in [2.45, 2.75) is 6.54 Å². The molecule has 0 unspecified atom stereocenters. The summed E-state index contributed by atoms with van der Waals surface area (Å²) in [6.07, 6.45) is 1.29. The zero-order valence-electron chi connectivity index (χ0n) is 12.9. The van der Waals surface area contributed by atoms with Gasteiger partial charge in [-0.1, -0.05) is 24.3 Å². The summed E-state index contributed by atoms with van der Waals surface area (Å²) < 4.78 is 13.0. The van der Waals surface area contributed by atoms with Crippen molar-refractivity contribution in [1.82, 2.24) is 10.2 Å². The van der Waals surface area contributed by atoms with Gasteiger partial charge in [0, 0.05) is 0 Å². The number of phenolic OH excluding ortho intramolecular Hbond substituents is 1. The molecule has 4 amide bonds. The van der Waals surface area contributed by atoms with Crippen LogP contribution in [0.4, 0.5) is 9.18 Å². The largest absolute Gasteiger partial charge is 0.508 e. The first-order chi connectivity index (χ1) is 11.9. The van der Waals surface area contributed by atoms with Gasteiger partial charge < -0.3 is 5.11 Å². The quantitative estimate of drug-likeness (QED) is 0.662. The average molecular weight is 340 g/mol. The third kappa shape index (κ3) is 3.55. The SMILES string of the molecule is O=C1NC(=O)N(Cc2ccc(F)cc2)C(=O)C1=Cc1cccc(O)c1. The van der Waals surface area contributed by atoms with Gasteiger partial charge >= 0.3 is 6.03 Å². The van der Waals surface area contributed by atoms with Gasteiger partial charge in [-0.05, 0) is 41.5 Å². The van der Waals surface area contributed by atoms with Crippen LogP contribution in [-0.2, 0) is 16.1 Å². The van der Waals surface area contributed by atoms with Gasteiger partial charge in [0.05, 0.1) is 6.54 Å². The van der Waals surface area contributed by atoms with Gasteiger partial charge in [0.15, 0.2) is 0 Å². The van der Waals surface area contributed by atoms with Crippen LogP contribution in [-0.4, -0.2) is 27.9 Å². The van der Waals surface area contributed by atoms with Crippen LogP contribution < -0.4 is 5.32 Å². The molecule has 0 aromatic heterocycles. The molecule has 0 radical (unpaired) electrons. The first kappa shape index (κ1) is 16.4. The number of urea groups is 1. The molecular weight excluding hydrogens is 327 g/mol. The molecule has 25 heavy (non-hydrogen) atoms. The third-order valence-electron chi connectivity index (χ3n) is 3.62. The van der Waals surface area contributed by atoms with Crippen molar-refractivity contribution in [2.24, 2.45) is 0 Å². The Morgan fingerprint density at radius 3 is 2.48 bits per heavy atom. The van der Waals surface area contributed by atoms with Crippen LogP contribution in [0.15, 0.2) is 54.1 Å². The standard InChI is InChI=1S/C18H13FN2O4/c19-13-6-4-11(5-7-13)10-21-17(24)15(16(23)20-18(21)25)9-12-2-1-3-14(22)8-12/h1-9,22H,10H2,(H,20,23,25). The maximum Gasteiger partial charge on any atom is 0.331 e. The molecule has 0 saturated carbocycles. The van der Waals surface area contributed by atoms with Crippen molar-refractivity contribution < 1.29 is 23.9 Å². The van der Waals surface area contributed by atoms with Gasteiger partial charge in [-0.3, -0.25) is 19.8 Å². The topological polar surface area (TPSA) is 86.7 Å². The van der Waals surface area contributed by atoms with E-state index in [1.54, 1.807) is 12.1 Å². The molecule has 1 heterocycles. The molecule has 2 N–H and O–H groups in total. The number of hydrogen-bond donors (Lipinski definition) is 2. The zero-order valence-corrected chi connectivity index (χ0v) is 12.9. The smallest absolute Gasteiger partial charge is 0.331 e. The Labute approximate surface area is 142 Å². The summed E-state index contributed by atoms with van der Waals surface area (Å²) in [5.74, 6) is -2.02. The second kappa shape index (κ2) is 6.56. The van der Waals surface area contributed by atoms with Crippen LogP contribution in [0.1, 0.15) is 11.1 Å². The summed E-state index contributed by atoms with van der Waals surface area (Å²) in [6.45, 7) is -0.102. The number of amides is 4. The Kier molecular flexibility index (Phi) is 4.30. The summed E-state index contributed by atoms with van der Waals surface area (Å²) in [4.78, 5) is 37.4. The van der Waals surface area contributed by atoms with Crippen LogP contribution in [0.5, 0.6) is 5.75 Å². The van der Waals surface area contributed by atoms with Gasteiger partial charge in [0.2, 0.25) is 0 Å². The first-order valence-electron chi connectivity index (χ1n) is 7.36. The van der Waals surface area contributed by atoms with E-state index in [1.165, 1.54) is 42.5 Å².